The Bertz CT molecular complexity index is 898. The second kappa shape index (κ2) is 6.06. The Morgan fingerprint density at radius 2 is 1.78 bits per heavy atom. The maximum atomic E-state index is 4.38. The fraction of sp³-hybridized carbons (Fsp3) is 0. The van der Waals surface area contributed by atoms with E-state index in [0.29, 0.717) is 0 Å². The molecule has 0 aliphatic heterocycles. The molecule has 5 heteroatoms. The lowest BCUT2D eigenvalue weighted by Crippen LogP contribution is -2.05. The molecule has 112 valence electrons. The molecule has 0 unspecified atom stereocenters. The van der Waals surface area contributed by atoms with Crippen molar-refractivity contribution in [1.82, 2.24) is 14.6 Å². The summed E-state index contributed by atoms with van der Waals surface area (Å²) in [7, 11) is 0. The molecule has 4 aromatic rings. The first kappa shape index (κ1) is 13.7. The Morgan fingerprint density at radius 3 is 2.61 bits per heavy atom. The Morgan fingerprint density at radius 1 is 0.913 bits per heavy atom. The van der Waals surface area contributed by atoms with Gasteiger partial charge in [-0.2, -0.15) is 0 Å². The fourth-order valence-corrected chi connectivity index (χ4v) is 3.05. The minimum absolute atomic E-state index is 0.943. The highest BCUT2D eigenvalue weighted by Gasteiger charge is 2.05. The second-order valence-corrected chi connectivity index (χ2v) is 5.98. The third-order valence-electron chi connectivity index (χ3n) is 3.48. The van der Waals surface area contributed by atoms with Gasteiger partial charge < -0.3 is 0 Å². The van der Waals surface area contributed by atoms with Gasteiger partial charge in [0, 0.05) is 41.3 Å². The summed E-state index contributed by atoms with van der Waals surface area (Å²) in [4.78, 5) is 8.72. The summed E-state index contributed by atoms with van der Waals surface area (Å²) in [6.45, 7) is 0. The lowest BCUT2D eigenvalue weighted by Gasteiger charge is -2.09. The average molecular weight is 318 g/mol. The van der Waals surface area contributed by atoms with Crippen LogP contribution in [0.3, 0.4) is 0 Å². The van der Waals surface area contributed by atoms with E-state index in [9.17, 15) is 0 Å². The maximum Gasteiger partial charge on any atom is 0.123 e. The Balaban J connectivity index is 1.67. The van der Waals surface area contributed by atoms with Gasteiger partial charge in [-0.05, 0) is 29.8 Å². The van der Waals surface area contributed by atoms with Crippen LogP contribution in [0.1, 0.15) is 0 Å². The van der Waals surface area contributed by atoms with Crippen LogP contribution >= 0.6 is 11.3 Å². The molecule has 1 N–H and O–H groups in total. The summed E-state index contributed by atoms with van der Waals surface area (Å²) in [5, 5.41) is 3.02. The van der Waals surface area contributed by atoms with Crippen molar-refractivity contribution in [3.05, 3.63) is 78.8 Å². The number of thiazole rings is 1. The lowest BCUT2D eigenvalue weighted by molar-refractivity contribution is 0.967. The summed E-state index contributed by atoms with van der Waals surface area (Å²) in [6, 6.07) is 14.4. The van der Waals surface area contributed by atoms with E-state index in [1.54, 1.807) is 11.3 Å². The molecule has 0 saturated heterocycles. The summed E-state index contributed by atoms with van der Waals surface area (Å²) in [6.07, 6.45) is 9.43. The molecule has 0 spiro atoms. The molecule has 4 rings (SSSR count). The first-order valence-corrected chi connectivity index (χ1v) is 8.12. The van der Waals surface area contributed by atoms with Gasteiger partial charge in [0.05, 0.1) is 11.9 Å². The van der Waals surface area contributed by atoms with Crippen molar-refractivity contribution in [1.29, 1.82) is 0 Å². The molecule has 4 nitrogen and oxygen atoms in total. The largest absolute Gasteiger partial charge is 0.293 e. The van der Waals surface area contributed by atoms with E-state index < -0.39 is 0 Å². The highest BCUT2D eigenvalue weighted by Crippen LogP contribution is 2.28. The molecule has 3 heterocycles. The van der Waals surface area contributed by atoms with Gasteiger partial charge in [0.15, 0.2) is 0 Å². The van der Waals surface area contributed by atoms with E-state index in [0.717, 1.165) is 27.4 Å². The quantitative estimate of drug-likeness (QED) is 0.600. The molecule has 0 radical (unpaired) electrons. The lowest BCUT2D eigenvalue weighted by atomic mass is 10.0. The minimum Gasteiger partial charge on any atom is -0.293 e. The predicted octanol–water partition coefficient (Wildman–Crippen LogP) is 4.55. The highest BCUT2D eigenvalue weighted by atomic mass is 32.1. The zero-order valence-corrected chi connectivity index (χ0v) is 13.1. The summed E-state index contributed by atoms with van der Waals surface area (Å²) < 4.78 is 1.90. The molecule has 23 heavy (non-hydrogen) atoms. The molecule has 0 fully saturated rings. The number of anilines is 1. The Hall–Kier alpha value is -2.92. The number of hydrogen-bond donors (Lipinski definition) is 1. The van der Waals surface area contributed by atoms with E-state index in [1.165, 1.54) is 0 Å². The Kier molecular flexibility index (Phi) is 3.62. The zero-order valence-electron chi connectivity index (χ0n) is 12.3. The first-order valence-electron chi connectivity index (χ1n) is 7.24. The SMILES string of the molecule is c1cc(-c2cncc(Nn3cccc3)c2)cc(-c2nccs2)c1. The van der Waals surface area contributed by atoms with Crippen molar-refractivity contribution in [2.24, 2.45) is 0 Å². The smallest absolute Gasteiger partial charge is 0.123 e. The highest BCUT2D eigenvalue weighted by molar-refractivity contribution is 7.13. The topological polar surface area (TPSA) is 42.7 Å². The van der Waals surface area contributed by atoms with Gasteiger partial charge in [0.2, 0.25) is 0 Å². The molecule has 0 amide bonds. The second-order valence-electron chi connectivity index (χ2n) is 5.08. The molecular formula is C18H14N4S. The summed E-state index contributed by atoms with van der Waals surface area (Å²) in [5.74, 6) is 0. The third-order valence-corrected chi connectivity index (χ3v) is 4.30. The van der Waals surface area contributed by atoms with E-state index in [2.05, 4.69) is 45.7 Å². The van der Waals surface area contributed by atoms with Crippen LogP contribution in [0.2, 0.25) is 0 Å². The summed E-state index contributed by atoms with van der Waals surface area (Å²) in [5.41, 5.74) is 7.55. The predicted molar refractivity (Wildman–Crippen MR) is 94.2 cm³/mol. The normalized spacial score (nSPS) is 10.6. The van der Waals surface area contributed by atoms with Crippen molar-refractivity contribution in [2.45, 2.75) is 0 Å². The first-order chi connectivity index (χ1) is 11.4. The number of pyridine rings is 1. The van der Waals surface area contributed by atoms with Crippen molar-refractivity contribution in [2.75, 3.05) is 5.43 Å². The van der Waals surface area contributed by atoms with Crippen molar-refractivity contribution in [3.63, 3.8) is 0 Å². The van der Waals surface area contributed by atoms with E-state index >= 15 is 0 Å². The Labute approximate surface area is 138 Å². The average Bonchev–Trinajstić information content (AvgIpc) is 3.29. The molecule has 0 atom stereocenters. The number of nitrogens with one attached hydrogen (secondary N) is 1. The molecule has 0 aliphatic carbocycles. The van der Waals surface area contributed by atoms with Gasteiger partial charge in [0.1, 0.15) is 5.01 Å². The molecular weight excluding hydrogens is 304 g/mol. The van der Waals surface area contributed by atoms with Crippen molar-refractivity contribution < 1.29 is 0 Å². The maximum absolute atomic E-state index is 4.38. The minimum atomic E-state index is 0.943. The number of aromatic nitrogens is 3. The van der Waals surface area contributed by atoms with Crippen LogP contribution in [0.5, 0.6) is 0 Å². The van der Waals surface area contributed by atoms with Crippen LogP contribution in [0, 0.1) is 0 Å². The van der Waals surface area contributed by atoms with Gasteiger partial charge >= 0.3 is 0 Å². The van der Waals surface area contributed by atoms with Crippen LogP contribution in [0.15, 0.2) is 78.8 Å². The van der Waals surface area contributed by atoms with Crippen LogP contribution < -0.4 is 5.43 Å². The van der Waals surface area contributed by atoms with Gasteiger partial charge in [-0.3, -0.25) is 15.1 Å². The van der Waals surface area contributed by atoms with Crippen LogP contribution in [0.4, 0.5) is 5.69 Å². The van der Waals surface area contributed by atoms with E-state index in [1.807, 2.05) is 53.2 Å². The molecule has 0 bridgehead atoms. The third kappa shape index (κ3) is 3.00. The molecule has 0 aliphatic rings. The molecule has 1 aromatic carbocycles. The molecule has 3 aromatic heterocycles. The number of rotatable bonds is 4. The van der Waals surface area contributed by atoms with Crippen LogP contribution in [-0.2, 0) is 0 Å². The van der Waals surface area contributed by atoms with Gasteiger partial charge in [-0.1, -0.05) is 18.2 Å². The summed E-state index contributed by atoms with van der Waals surface area (Å²) >= 11 is 1.64. The van der Waals surface area contributed by atoms with Gasteiger partial charge in [0.25, 0.3) is 0 Å². The monoisotopic (exact) mass is 318 g/mol. The van der Waals surface area contributed by atoms with Crippen molar-refractivity contribution >= 4 is 17.0 Å². The number of benzene rings is 1. The van der Waals surface area contributed by atoms with Crippen molar-refractivity contribution in [3.8, 4) is 21.7 Å². The molecule has 0 saturated carbocycles. The standard InChI is InChI=1S/C18H14N4S/c1-2-8-22(7-1)21-17-11-16(12-19-13-17)14-4-3-5-15(10-14)18-20-6-9-23-18/h1-13,21H. The van der Waals surface area contributed by atoms with Gasteiger partial charge in [-0.25, -0.2) is 4.98 Å². The van der Waals surface area contributed by atoms with E-state index in [-0.39, 0.29) is 0 Å². The van der Waals surface area contributed by atoms with Crippen LogP contribution in [-0.4, -0.2) is 14.6 Å². The zero-order chi connectivity index (χ0) is 15.5. The number of nitrogens with zero attached hydrogens (tertiary/aromatic N) is 3. The fourth-order valence-electron chi connectivity index (χ4n) is 2.41. The van der Waals surface area contributed by atoms with E-state index in [4.69, 9.17) is 0 Å². The number of hydrogen-bond acceptors (Lipinski definition) is 4. The van der Waals surface area contributed by atoms with Crippen LogP contribution in [0.25, 0.3) is 21.7 Å². The van der Waals surface area contributed by atoms with Gasteiger partial charge in [-0.15, -0.1) is 11.3 Å².